The van der Waals surface area contributed by atoms with Gasteiger partial charge in [0.15, 0.2) is 0 Å². The predicted octanol–water partition coefficient (Wildman–Crippen LogP) is 5.00. The van der Waals surface area contributed by atoms with Crippen LogP contribution in [-0.4, -0.2) is 10.5 Å². The van der Waals surface area contributed by atoms with Crippen molar-refractivity contribution in [1.29, 1.82) is 0 Å². The highest BCUT2D eigenvalue weighted by atomic mass is 35.5. The first-order valence-corrected chi connectivity index (χ1v) is 8.79. The Kier molecular flexibility index (Phi) is 4.67. The molecule has 0 bridgehead atoms. The molecule has 4 aromatic rings. The maximum Gasteiger partial charge on any atom is 0.345 e. The molecule has 0 N–H and O–H groups in total. The first kappa shape index (κ1) is 17.9. The van der Waals surface area contributed by atoms with Crippen LogP contribution in [0.4, 0.5) is 4.39 Å². The van der Waals surface area contributed by atoms with Crippen molar-refractivity contribution in [2.75, 3.05) is 0 Å². The van der Waals surface area contributed by atoms with Crippen molar-refractivity contribution in [1.82, 2.24) is 4.57 Å². The second-order valence-corrected chi connectivity index (χ2v) is 6.52. The molecule has 4 nitrogen and oxygen atoms in total. The van der Waals surface area contributed by atoms with Crippen molar-refractivity contribution in [3.8, 4) is 11.4 Å². The molecule has 0 radical (unpaired) electrons. The molecule has 0 saturated heterocycles. The fraction of sp³-hybridized carbons (Fsp3) is 0. The van der Waals surface area contributed by atoms with Crippen LogP contribution < -0.4 is 10.3 Å². The van der Waals surface area contributed by atoms with Crippen molar-refractivity contribution in [2.24, 2.45) is 0 Å². The van der Waals surface area contributed by atoms with Gasteiger partial charge in [-0.05, 0) is 54.6 Å². The fourth-order valence-electron chi connectivity index (χ4n) is 2.91. The normalized spacial score (nSPS) is 10.8. The van der Waals surface area contributed by atoms with E-state index < -0.39 is 11.8 Å². The minimum absolute atomic E-state index is 0.208. The summed E-state index contributed by atoms with van der Waals surface area (Å²) in [4.78, 5) is 25.7. The molecule has 0 saturated carbocycles. The van der Waals surface area contributed by atoms with Gasteiger partial charge < -0.3 is 4.74 Å². The number of rotatable bonds is 3. The van der Waals surface area contributed by atoms with Gasteiger partial charge in [-0.3, -0.25) is 9.36 Å². The molecule has 0 unspecified atom stereocenters. The zero-order chi connectivity index (χ0) is 19.7. The molecular formula is C22H13ClFNO3. The molecule has 0 aliphatic heterocycles. The van der Waals surface area contributed by atoms with Crippen LogP contribution in [-0.2, 0) is 0 Å². The lowest BCUT2D eigenvalue weighted by molar-refractivity contribution is 0.0736. The number of benzene rings is 3. The summed E-state index contributed by atoms with van der Waals surface area (Å²) in [6.07, 6.45) is 1.44. The maximum absolute atomic E-state index is 13.1. The van der Waals surface area contributed by atoms with E-state index in [1.165, 1.54) is 35.0 Å². The van der Waals surface area contributed by atoms with Crippen LogP contribution in [0.5, 0.6) is 5.75 Å². The van der Waals surface area contributed by atoms with E-state index in [4.69, 9.17) is 16.3 Å². The Labute approximate surface area is 164 Å². The Morgan fingerprint density at radius 1 is 0.893 bits per heavy atom. The van der Waals surface area contributed by atoms with Gasteiger partial charge in [-0.1, -0.05) is 29.8 Å². The van der Waals surface area contributed by atoms with E-state index in [0.717, 1.165) is 0 Å². The Morgan fingerprint density at radius 3 is 2.21 bits per heavy atom. The van der Waals surface area contributed by atoms with Gasteiger partial charge in [-0.25, -0.2) is 9.18 Å². The lowest BCUT2D eigenvalue weighted by Crippen LogP contribution is -2.22. The Balaban J connectivity index is 1.86. The molecule has 6 heteroatoms. The number of carbonyl (C=O) groups excluding carboxylic acids is 1. The summed E-state index contributed by atoms with van der Waals surface area (Å²) in [7, 11) is 0. The summed E-state index contributed by atoms with van der Waals surface area (Å²) in [5.41, 5.74) is 0.515. The van der Waals surface area contributed by atoms with E-state index >= 15 is 0 Å². The first-order chi connectivity index (χ1) is 13.5. The molecule has 1 heterocycles. The molecule has 0 amide bonds. The Morgan fingerprint density at radius 2 is 1.54 bits per heavy atom. The largest absolute Gasteiger partial charge is 0.423 e. The highest BCUT2D eigenvalue weighted by molar-refractivity contribution is 6.30. The molecule has 1 aromatic heterocycles. The maximum atomic E-state index is 13.1. The molecule has 0 fully saturated rings. The van der Waals surface area contributed by atoms with Gasteiger partial charge in [0, 0.05) is 27.7 Å². The van der Waals surface area contributed by atoms with Crippen LogP contribution in [0.3, 0.4) is 0 Å². The number of pyridine rings is 1. The third kappa shape index (κ3) is 3.40. The summed E-state index contributed by atoms with van der Waals surface area (Å²) in [5, 5.41) is 1.39. The number of fused-ring (bicyclic) bond motifs is 1. The van der Waals surface area contributed by atoms with E-state index in [1.54, 1.807) is 48.5 Å². The lowest BCUT2D eigenvalue weighted by Gasteiger charge is -2.12. The number of hydrogen-bond donors (Lipinski definition) is 0. The van der Waals surface area contributed by atoms with Crippen molar-refractivity contribution >= 4 is 28.3 Å². The van der Waals surface area contributed by atoms with Crippen LogP contribution in [0.25, 0.3) is 16.5 Å². The zero-order valence-corrected chi connectivity index (χ0v) is 15.2. The molecule has 0 spiro atoms. The van der Waals surface area contributed by atoms with Gasteiger partial charge in [0.05, 0.1) is 5.56 Å². The average Bonchev–Trinajstić information content (AvgIpc) is 2.71. The molecule has 0 aliphatic rings. The second kappa shape index (κ2) is 7.29. The quantitative estimate of drug-likeness (QED) is 0.363. The topological polar surface area (TPSA) is 48.3 Å². The Bertz CT molecular complexity index is 1230. The van der Waals surface area contributed by atoms with Crippen molar-refractivity contribution < 1.29 is 13.9 Å². The molecule has 28 heavy (non-hydrogen) atoms. The summed E-state index contributed by atoms with van der Waals surface area (Å²) in [6.45, 7) is 0. The van der Waals surface area contributed by atoms with Crippen LogP contribution in [0.1, 0.15) is 10.4 Å². The van der Waals surface area contributed by atoms with Crippen LogP contribution >= 0.6 is 11.6 Å². The van der Waals surface area contributed by atoms with E-state index in [-0.39, 0.29) is 16.9 Å². The SMILES string of the molecule is O=C(Oc1ccc(F)cc1)c1cn(-c2ccc(Cl)cc2)c(=O)c2ccccc12. The summed E-state index contributed by atoms with van der Waals surface area (Å²) in [5.74, 6) is -0.869. The van der Waals surface area contributed by atoms with E-state index in [1.807, 2.05) is 0 Å². The van der Waals surface area contributed by atoms with Crippen LogP contribution in [0, 0.1) is 5.82 Å². The number of ether oxygens (including phenoxy) is 1. The zero-order valence-electron chi connectivity index (χ0n) is 14.4. The molecule has 138 valence electrons. The summed E-state index contributed by atoms with van der Waals surface area (Å²) in [6, 6.07) is 18.6. The van der Waals surface area contributed by atoms with Crippen LogP contribution in [0.15, 0.2) is 83.8 Å². The minimum Gasteiger partial charge on any atom is -0.423 e. The standard InChI is InChI=1S/C22H13ClFNO3/c23-14-5-9-16(10-6-14)25-13-20(18-3-1-2-4-19(18)21(25)26)22(27)28-17-11-7-15(24)8-12-17/h1-13H. The van der Waals surface area contributed by atoms with E-state index in [0.29, 0.717) is 21.5 Å². The summed E-state index contributed by atoms with van der Waals surface area (Å²) >= 11 is 5.93. The van der Waals surface area contributed by atoms with Crippen molar-refractivity contribution in [3.63, 3.8) is 0 Å². The monoisotopic (exact) mass is 393 g/mol. The second-order valence-electron chi connectivity index (χ2n) is 6.08. The summed E-state index contributed by atoms with van der Waals surface area (Å²) < 4.78 is 19.8. The number of halogens is 2. The van der Waals surface area contributed by atoms with Gasteiger partial charge in [0.1, 0.15) is 11.6 Å². The molecule has 3 aromatic carbocycles. The first-order valence-electron chi connectivity index (χ1n) is 8.41. The number of nitrogens with zero attached hydrogens (tertiary/aromatic N) is 1. The van der Waals surface area contributed by atoms with E-state index in [2.05, 4.69) is 0 Å². The van der Waals surface area contributed by atoms with Crippen molar-refractivity contribution in [3.05, 3.63) is 106 Å². The smallest absolute Gasteiger partial charge is 0.345 e. The number of hydrogen-bond acceptors (Lipinski definition) is 3. The Hall–Kier alpha value is -3.44. The van der Waals surface area contributed by atoms with Gasteiger partial charge in [-0.2, -0.15) is 0 Å². The van der Waals surface area contributed by atoms with Gasteiger partial charge >= 0.3 is 5.97 Å². The average molecular weight is 394 g/mol. The highest BCUT2D eigenvalue weighted by Gasteiger charge is 2.17. The molecule has 0 aliphatic carbocycles. The van der Waals surface area contributed by atoms with E-state index in [9.17, 15) is 14.0 Å². The van der Waals surface area contributed by atoms with Gasteiger partial charge in [0.2, 0.25) is 0 Å². The number of carbonyl (C=O) groups is 1. The van der Waals surface area contributed by atoms with Crippen LogP contribution in [0.2, 0.25) is 5.02 Å². The number of aromatic nitrogens is 1. The molecular weight excluding hydrogens is 381 g/mol. The number of esters is 1. The molecule has 0 atom stereocenters. The highest BCUT2D eigenvalue weighted by Crippen LogP contribution is 2.21. The predicted molar refractivity (Wildman–Crippen MR) is 106 cm³/mol. The third-order valence-corrected chi connectivity index (χ3v) is 4.53. The van der Waals surface area contributed by atoms with Gasteiger partial charge in [-0.15, -0.1) is 0 Å². The third-order valence-electron chi connectivity index (χ3n) is 4.27. The van der Waals surface area contributed by atoms with Crippen molar-refractivity contribution in [2.45, 2.75) is 0 Å². The van der Waals surface area contributed by atoms with Gasteiger partial charge in [0.25, 0.3) is 5.56 Å². The minimum atomic E-state index is -0.648. The molecule has 4 rings (SSSR count). The fourth-order valence-corrected chi connectivity index (χ4v) is 3.04. The lowest BCUT2D eigenvalue weighted by atomic mass is 10.1.